The van der Waals surface area contributed by atoms with E-state index in [2.05, 4.69) is 192 Å². The van der Waals surface area contributed by atoms with Crippen LogP contribution in [0.25, 0.3) is 54.6 Å². The molecule has 0 bridgehead atoms. The first-order chi connectivity index (χ1) is 32.1. The Morgan fingerprint density at radius 1 is 0.292 bits per heavy atom. The zero-order valence-corrected chi connectivity index (χ0v) is 35.1. The van der Waals surface area contributed by atoms with E-state index in [0.29, 0.717) is 0 Å². The van der Waals surface area contributed by atoms with Crippen molar-refractivity contribution in [3.63, 3.8) is 0 Å². The molecule has 0 aliphatic heterocycles. The van der Waals surface area contributed by atoms with Gasteiger partial charge in [0.1, 0.15) is 11.6 Å². The minimum atomic E-state index is -0.711. The predicted molar refractivity (Wildman–Crippen MR) is 265 cm³/mol. The van der Waals surface area contributed by atoms with Crippen LogP contribution in [0, 0.1) is 11.6 Å². The van der Waals surface area contributed by atoms with E-state index in [0.717, 1.165) is 72.2 Å². The third-order valence-electron chi connectivity index (χ3n) is 13.8. The van der Waals surface area contributed by atoms with Gasteiger partial charge in [-0.05, 0) is 140 Å². The third-order valence-corrected chi connectivity index (χ3v) is 13.8. The molecule has 65 heavy (non-hydrogen) atoms. The van der Waals surface area contributed by atoms with Crippen LogP contribution < -0.4 is 9.80 Å². The van der Waals surface area contributed by atoms with E-state index in [1.807, 2.05) is 24.3 Å². The lowest BCUT2D eigenvalue weighted by atomic mass is 9.61. The predicted octanol–water partition coefficient (Wildman–Crippen LogP) is 16.7. The number of anilines is 6. The third kappa shape index (κ3) is 5.44. The maximum absolute atomic E-state index is 14.7. The highest BCUT2D eigenvalue weighted by Crippen LogP contribution is 2.63. The van der Waals surface area contributed by atoms with Crippen molar-refractivity contribution in [2.75, 3.05) is 9.80 Å². The van der Waals surface area contributed by atoms with Gasteiger partial charge < -0.3 is 9.80 Å². The molecular weight excluding hydrogens is 799 g/mol. The van der Waals surface area contributed by atoms with Gasteiger partial charge in [-0.15, -0.1) is 0 Å². The summed E-state index contributed by atoms with van der Waals surface area (Å²) in [6, 6.07) is 79.3. The number of nitrogens with zero attached hydrogens (tertiary/aromatic N) is 2. The lowest BCUT2D eigenvalue weighted by Crippen LogP contribution is -2.32. The minimum absolute atomic E-state index is 0.279. The van der Waals surface area contributed by atoms with Crippen molar-refractivity contribution < 1.29 is 8.78 Å². The molecule has 11 aromatic rings. The second-order valence-corrected chi connectivity index (χ2v) is 17.1. The maximum atomic E-state index is 14.7. The van der Waals surface area contributed by atoms with Gasteiger partial charge in [-0.2, -0.15) is 0 Å². The van der Waals surface area contributed by atoms with Crippen LogP contribution in [0.5, 0.6) is 0 Å². The molecule has 0 heterocycles. The van der Waals surface area contributed by atoms with Crippen molar-refractivity contribution in [2.45, 2.75) is 5.41 Å². The van der Waals surface area contributed by atoms with Crippen molar-refractivity contribution in [2.24, 2.45) is 0 Å². The summed E-state index contributed by atoms with van der Waals surface area (Å²) >= 11 is 0. The van der Waals surface area contributed by atoms with Gasteiger partial charge in [0.25, 0.3) is 0 Å². The van der Waals surface area contributed by atoms with Gasteiger partial charge >= 0.3 is 0 Å². The molecule has 0 saturated heterocycles. The summed E-state index contributed by atoms with van der Waals surface area (Å²) < 4.78 is 29.4. The summed E-state index contributed by atoms with van der Waals surface area (Å²) in [4.78, 5) is 4.56. The monoisotopic (exact) mass is 836 g/mol. The van der Waals surface area contributed by atoms with Gasteiger partial charge in [0.2, 0.25) is 0 Å². The van der Waals surface area contributed by atoms with E-state index in [4.69, 9.17) is 0 Å². The standard InChI is InChI=1S/C61H38F2N2/c62-41-26-30-43(31-27-41)64(57-24-9-14-39-12-1-3-16-46(39)57)45-34-35-50-51-36-37-59(65(44-32-28-42(63)29-33-44)58-25-10-15-40-13-2-4-17-47(40)58)52-20-11-23-55(60(51)52)61(56(50)38-45)53-21-7-5-18-48(53)49-19-6-8-22-54(49)61/h1-38H. The van der Waals surface area contributed by atoms with Crippen LogP contribution in [-0.4, -0.2) is 0 Å². The van der Waals surface area contributed by atoms with Crippen LogP contribution in [0.3, 0.4) is 0 Å². The molecule has 0 saturated carbocycles. The zero-order chi connectivity index (χ0) is 43.2. The van der Waals surface area contributed by atoms with Gasteiger partial charge in [0.15, 0.2) is 0 Å². The molecule has 13 rings (SSSR count). The Hall–Kier alpha value is -8.34. The van der Waals surface area contributed by atoms with Gasteiger partial charge in [0, 0.05) is 33.2 Å². The molecule has 2 aliphatic carbocycles. The van der Waals surface area contributed by atoms with E-state index in [1.54, 1.807) is 24.3 Å². The first kappa shape index (κ1) is 37.2. The highest BCUT2D eigenvalue weighted by atomic mass is 19.1. The molecule has 4 heteroatoms. The lowest BCUT2D eigenvalue weighted by molar-refractivity contribution is 0.627. The average Bonchev–Trinajstić information content (AvgIpc) is 3.65. The van der Waals surface area contributed by atoms with Crippen LogP contribution in [0.15, 0.2) is 231 Å². The fourth-order valence-electron chi connectivity index (χ4n) is 11.1. The first-order valence-electron chi connectivity index (χ1n) is 22.1. The lowest BCUT2D eigenvalue weighted by Gasteiger charge is -2.41. The summed E-state index contributed by atoms with van der Waals surface area (Å²) in [7, 11) is 0. The minimum Gasteiger partial charge on any atom is -0.310 e. The van der Waals surface area contributed by atoms with Crippen molar-refractivity contribution in [3.8, 4) is 22.3 Å². The molecule has 0 radical (unpaired) electrons. The highest BCUT2D eigenvalue weighted by Gasteiger charge is 2.50. The summed E-state index contributed by atoms with van der Waals surface area (Å²) in [5.41, 5.74) is 14.6. The SMILES string of the molecule is Fc1ccc(N(c2ccc3c(c2)C2(c4ccccc4-c4ccccc42)c2cccc4c(N(c5ccc(F)cc5)c5cccc6ccccc56)ccc-3c24)c2cccc3ccccc23)cc1. The number of fused-ring (bicyclic) bond motifs is 11. The molecular formula is C61H38F2N2. The molecule has 0 fully saturated rings. The van der Waals surface area contributed by atoms with Crippen LogP contribution >= 0.6 is 0 Å². The van der Waals surface area contributed by atoms with Gasteiger partial charge in [0.05, 0.1) is 22.5 Å². The molecule has 2 aliphatic rings. The van der Waals surface area contributed by atoms with E-state index in [9.17, 15) is 8.78 Å². The summed E-state index contributed by atoms with van der Waals surface area (Å²) in [6.07, 6.45) is 0. The van der Waals surface area contributed by atoms with Crippen LogP contribution in [0.1, 0.15) is 22.3 Å². The Balaban J connectivity index is 1.13. The normalized spacial score (nSPS) is 12.9. The fourth-order valence-corrected chi connectivity index (χ4v) is 11.1. The largest absolute Gasteiger partial charge is 0.310 e. The maximum Gasteiger partial charge on any atom is 0.123 e. The van der Waals surface area contributed by atoms with Crippen LogP contribution in [0.2, 0.25) is 0 Å². The second kappa shape index (κ2) is 14.3. The molecule has 0 atom stereocenters. The quantitative estimate of drug-likeness (QED) is 0.165. The summed E-state index contributed by atoms with van der Waals surface area (Å²) in [5, 5.41) is 6.72. The van der Waals surface area contributed by atoms with E-state index < -0.39 is 5.41 Å². The highest BCUT2D eigenvalue weighted by molar-refractivity contribution is 6.14. The van der Waals surface area contributed by atoms with Crippen LogP contribution in [0.4, 0.5) is 42.9 Å². The van der Waals surface area contributed by atoms with E-state index in [1.165, 1.54) is 38.8 Å². The topological polar surface area (TPSA) is 6.48 Å². The fraction of sp³-hybridized carbons (Fsp3) is 0.0164. The van der Waals surface area contributed by atoms with Crippen molar-refractivity contribution in [1.29, 1.82) is 0 Å². The molecule has 2 nitrogen and oxygen atoms in total. The van der Waals surface area contributed by atoms with E-state index >= 15 is 0 Å². The number of hydrogen-bond donors (Lipinski definition) is 0. The molecule has 0 N–H and O–H groups in total. The number of hydrogen-bond acceptors (Lipinski definition) is 2. The Kier molecular flexibility index (Phi) is 8.22. The average molecular weight is 837 g/mol. The smallest absolute Gasteiger partial charge is 0.123 e. The van der Waals surface area contributed by atoms with Gasteiger partial charge in [-0.25, -0.2) is 8.78 Å². The zero-order valence-electron chi connectivity index (χ0n) is 35.1. The molecule has 0 aromatic heterocycles. The number of halogens is 2. The van der Waals surface area contributed by atoms with Crippen LogP contribution in [-0.2, 0) is 5.41 Å². The van der Waals surface area contributed by atoms with Crippen molar-refractivity contribution in [1.82, 2.24) is 0 Å². The number of rotatable bonds is 6. The summed E-state index contributed by atoms with van der Waals surface area (Å²) in [5.74, 6) is -0.559. The Bertz CT molecular complexity index is 3650. The van der Waals surface area contributed by atoms with Crippen molar-refractivity contribution in [3.05, 3.63) is 264 Å². The van der Waals surface area contributed by atoms with E-state index in [-0.39, 0.29) is 11.6 Å². The number of benzene rings is 11. The molecule has 306 valence electrons. The Morgan fingerprint density at radius 2 is 0.723 bits per heavy atom. The Morgan fingerprint density at radius 3 is 1.35 bits per heavy atom. The molecule has 0 amide bonds. The van der Waals surface area contributed by atoms with Crippen molar-refractivity contribution >= 4 is 66.4 Å². The first-order valence-corrected chi connectivity index (χ1v) is 22.1. The molecule has 11 aromatic carbocycles. The Labute approximate surface area is 375 Å². The summed E-state index contributed by atoms with van der Waals surface area (Å²) in [6.45, 7) is 0. The van der Waals surface area contributed by atoms with Gasteiger partial charge in [-0.1, -0.05) is 152 Å². The second-order valence-electron chi connectivity index (χ2n) is 17.1. The molecule has 0 unspecified atom stereocenters. The molecule has 1 spiro atoms. The van der Waals surface area contributed by atoms with Gasteiger partial charge in [-0.3, -0.25) is 0 Å².